The Hall–Kier alpha value is -3.30. The number of ether oxygens (including phenoxy) is 4. The number of oxazole rings is 1. The molecule has 0 spiro atoms. The number of esters is 1. The molecule has 0 fully saturated rings. The summed E-state index contributed by atoms with van der Waals surface area (Å²) in [6, 6.07) is 13.9. The molecule has 0 saturated carbocycles. The molecule has 0 unspecified atom stereocenters. The van der Waals surface area contributed by atoms with E-state index < -0.39 is 0 Å². The van der Waals surface area contributed by atoms with Gasteiger partial charge in [0.25, 0.3) is 0 Å². The van der Waals surface area contributed by atoms with Gasteiger partial charge in [0, 0.05) is 43.6 Å². The fourth-order valence-electron chi connectivity index (χ4n) is 4.03. The third-order valence-corrected chi connectivity index (χ3v) is 7.11. The van der Waals surface area contributed by atoms with Crippen molar-refractivity contribution in [2.24, 2.45) is 0 Å². The average Bonchev–Trinajstić information content (AvgIpc) is 3.40. The van der Waals surface area contributed by atoms with E-state index in [1.54, 1.807) is 42.5 Å². The van der Waals surface area contributed by atoms with Crippen molar-refractivity contribution in [1.82, 2.24) is 4.98 Å². The predicted molar refractivity (Wildman–Crippen MR) is 162 cm³/mol. The van der Waals surface area contributed by atoms with Gasteiger partial charge in [0.2, 0.25) is 5.89 Å². The van der Waals surface area contributed by atoms with Crippen LogP contribution in [0.15, 0.2) is 52.9 Å². The second-order valence-electron chi connectivity index (χ2n) is 9.38. The van der Waals surface area contributed by atoms with Gasteiger partial charge in [0.05, 0.1) is 35.4 Å². The minimum absolute atomic E-state index is 0.0551. The molecule has 42 heavy (non-hydrogen) atoms. The molecule has 0 amide bonds. The first-order chi connectivity index (χ1) is 20.2. The molecule has 0 saturated heterocycles. The number of fused-ring (bicyclic) bond motifs is 1. The van der Waals surface area contributed by atoms with Gasteiger partial charge >= 0.3 is 5.97 Å². The molecule has 3 aromatic carbocycles. The number of rotatable bonds is 15. The summed E-state index contributed by atoms with van der Waals surface area (Å²) in [5, 5.41) is 1.16. The molecular weight excluding hydrogens is 605 g/mol. The second-order valence-corrected chi connectivity index (χ2v) is 10.6. The van der Waals surface area contributed by atoms with Crippen molar-refractivity contribution in [3.63, 3.8) is 0 Å². The van der Waals surface area contributed by atoms with E-state index in [1.807, 2.05) is 6.07 Å². The van der Waals surface area contributed by atoms with Gasteiger partial charge in [-0.1, -0.05) is 40.9 Å². The Balaban J connectivity index is 1.16. The summed E-state index contributed by atoms with van der Waals surface area (Å²) in [6.07, 6.45) is 2.18. The largest absolute Gasteiger partial charge is 0.492 e. The number of hydrogen-bond acceptors (Lipinski definition) is 8. The van der Waals surface area contributed by atoms with Crippen LogP contribution in [-0.2, 0) is 20.7 Å². The van der Waals surface area contributed by atoms with E-state index in [-0.39, 0.29) is 11.8 Å². The molecule has 1 aromatic heterocycles. The lowest BCUT2D eigenvalue weighted by Crippen LogP contribution is -2.07. The molecule has 8 nitrogen and oxygen atoms in total. The first-order valence-corrected chi connectivity index (χ1v) is 14.5. The normalized spacial score (nSPS) is 11.1. The van der Waals surface area contributed by atoms with Crippen LogP contribution in [0, 0.1) is 0 Å². The number of halogens is 3. The lowest BCUT2D eigenvalue weighted by atomic mass is 10.1. The lowest BCUT2D eigenvalue weighted by molar-refractivity contribution is -0.140. The minimum Gasteiger partial charge on any atom is -0.492 e. The molecule has 0 aliphatic carbocycles. The van der Waals surface area contributed by atoms with Crippen molar-refractivity contribution in [2.45, 2.75) is 32.6 Å². The Morgan fingerprint density at radius 3 is 2.24 bits per heavy atom. The number of carbonyl (C=O) groups is 2. The Labute approximate surface area is 258 Å². The SMILES string of the molecule is COC(=O)CCc1ccc(OCCCOCCCOc2c(Cl)cc(-c3nc4ccc(C(C)=O)cc4o3)cc2Cl)c(Cl)c1. The van der Waals surface area contributed by atoms with E-state index in [4.69, 9.17) is 53.4 Å². The highest BCUT2D eigenvalue weighted by atomic mass is 35.5. The molecule has 11 heteroatoms. The van der Waals surface area contributed by atoms with E-state index in [1.165, 1.54) is 14.0 Å². The number of aromatic nitrogens is 1. The zero-order valence-electron chi connectivity index (χ0n) is 23.2. The molecule has 0 N–H and O–H groups in total. The molecular formula is C31H30Cl3NO7. The molecule has 1 heterocycles. The van der Waals surface area contributed by atoms with Gasteiger partial charge in [-0.05, 0) is 61.4 Å². The van der Waals surface area contributed by atoms with Crippen LogP contribution in [0.4, 0.5) is 0 Å². The molecule has 4 aromatic rings. The highest BCUT2D eigenvalue weighted by molar-refractivity contribution is 6.37. The first-order valence-electron chi connectivity index (χ1n) is 13.3. The summed E-state index contributed by atoms with van der Waals surface area (Å²) in [4.78, 5) is 27.4. The summed E-state index contributed by atoms with van der Waals surface area (Å²) in [5.74, 6) is 0.988. The van der Waals surface area contributed by atoms with E-state index in [9.17, 15) is 9.59 Å². The van der Waals surface area contributed by atoms with Crippen molar-refractivity contribution >= 4 is 57.7 Å². The molecule has 0 atom stereocenters. The van der Waals surface area contributed by atoms with Gasteiger partial charge in [0.15, 0.2) is 17.1 Å². The Morgan fingerprint density at radius 1 is 0.857 bits per heavy atom. The summed E-state index contributed by atoms with van der Waals surface area (Å²) in [5.41, 5.74) is 3.21. The minimum atomic E-state index is -0.260. The van der Waals surface area contributed by atoms with E-state index in [0.717, 1.165) is 5.56 Å². The number of hydrogen-bond donors (Lipinski definition) is 0. The zero-order valence-corrected chi connectivity index (χ0v) is 25.5. The van der Waals surface area contributed by atoms with Crippen LogP contribution in [0.3, 0.4) is 0 Å². The van der Waals surface area contributed by atoms with E-state index in [0.29, 0.717) is 107 Å². The Kier molecular flexibility index (Phi) is 11.5. The van der Waals surface area contributed by atoms with Crippen LogP contribution in [-0.4, -0.2) is 50.3 Å². The maximum absolute atomic E-state index is 11.6. The summed E-state index contributed by atoms with van der Waals surface area (Å²) in [6.45, 7) is 3.32. The number of aryl methyl sites for hydroxylation is 1. The zero-order chi connectivity index (χ0) is 30.1. The van der Waals surface area contributed by atoms with Gasteiger partial charge in [0.1, 0.15) is 11.3 Å². The summed E-state index contributed by atoms with van der Waals surface area (Å²) < 4.78 is 27.7. The fourth-order valence-corrected chi connectivity index (χ4v) is 4.89. The average molecular weight is 635 g/mol. The second kappa shape index (κ2) is 15.3. The molecule has 0 bridgehead atoms. The highest BCUT2D eigenvalue weighted by Gasteiger charge is 2.16. The fraction of sp³-hybridized carbons (Fsp3) is 0.323. The maximum atomic E-state index is 11.6. The van der Waals surface area contributed by atoms with Crippen LogP contribution in [0.25, 0.3) is 22.6 Å². The molecule has 4 rings (SSSR count). The lowest BCUT2D eigenvalue weighted by Gasteiger charge is -2.12. The van der Waals surface area contributed by atoms with Gasteiger partial charge < -0.3 is 23.4 Å². The molecule has 0 aliphatic rings. The van der Waals surface area contributed by atoms with Crippen LogP contribution in [0.5, 0.6) is 11.5 Å². The topological polar surface area (TPSA) is 97.1 Å². The van der Waals surface area contributed by atoms with Gasteiger partial charge in [-0.25, -0.2) is 4.98 Å². The monoisotopic (exact) mass is 633 g/mol. The molecule has 222 valence electrons. The highest BCUT2D eigenvalue weighted by Crippen LogP contribution is 2.38. The van der Waals surface area contributed by atoms with Crippen LogP contribution in [0.2, 0.25) is 15.1 Å². The van der Waals surface area contributed by atoms with Crippen molar-refractivity contribution in [3.05, 3.63) is 74.7 Å². The first kappa shape index (κ1) is 31.6. The smallest absolute Gasteiger partial charge is 0.305 e. The Morgan fingerprint density at radius 2 is 1.57 bits per heavy atom. The van der Waals surface area contributed by atoms with Crippen molar-refractivity contribution in [1.29, 1.82) is 0 Å². The third-order valence-electron chi connectivity index (χ3n) is 6.25. The van der Waals surface area contributed by atoms with E-state index in [2.05, 4.69) is 9.72 Å². The molecule has 0 radical (unpaired) electrons. The quantitative estimate of drug-likeness (QED) is 0.0737. The van der Waals surface area contributed by atoms with Crippen LogP contribution >= 0.6 is 34.8 Å². The number of benzene rings is 3. The third kappa shape index (κ3) is 8.61. The van der Waals surface area contributed by atoms with E-state index >= 15 is 0 Å². The summed E-state index contributed by atoms with van der Waals surface area (Å²) >= 11 is 19.2. The van der Waals surface area contributed by atoms with Crippen LogP contribution < -0.4 is 9.47 Å². The van der Waals surface area contributed by atoms with Crippen molar-refractivity contribution in [3.8, 4) is 23.0 Å². The van der Waals surface area contributed by atoms with Gasteiger partial charge in [-0.15, -0.1) is 0 Å². The van der Waals surface area contributed by atoms with Gasteiger partial charge in [-0.2, -0.15) is 0 Å². The number of carbonyl (C=O) groups excluding carboxylic acids is 2. The number of ketones is 1. The number of nitrogens with zero attached hydrogens (tertiary/aromatic N) is 1. The van der Waals surface area contributed by atoms with Crippen molar-refractivity contribution in [2.75, 3.05) is 33.5 Å². The standard InChI is InChI=1S/C31H30Cl3NO7/c1-19(36)21-7-8-26-28(18-21)42-31(35-26)22-16-24(33)30(25(34)17-22)41-14-4-12-39-11-3-13-40-27-9-5-20(15-23(27)32)6-10-29(37)38-2/h5,7-9,15-18H,3-4,6,10-14H2,1-2H3. The maximum Gasteiger partial charge on any atom is 0.305 e. The predicted octanol–water partition coefficient (Wildman–Crippen LogP) is 8.02. The van der Waals surface area contributed by atoms with Crippen LogP contribution in [0.1, 0.15) is 42.1 Å². The molecule has 0 aliphatic heterocycles. The number of methoxy groups -OCH3 is 1. The summed E-state index contributed by atoms with van der Waals surface area (Å²) in [7, 11) is 1.37. The van der Waals surface area contributed by atoms with Gasteiger partial charge in [-0.3, -0.25) is 9.59 Å². The number of Topliss-reactive ketones (excluding diaryl/α,β-unsaturated/α-hetero) is 1. The Bertz CT molecular complexity index is 1530. The van der Waals surface area contributed by atoms with Crippen molar-refractivity contribution < 1.29 is 33.0 Å².